The maximum absolute atomic E-state index is 12.2. The normalized spacial score (nSPS) is 18.0. The average Bonchev–Trinajstić information content (AvgIpc) is 2.89. The van der Waals surface area contributed by atoms with Gasteiger partial charge in [0.25, 0.3) is 0 Å². The molecule has 1 fully saturated rings. The molecule has 0 saturated carbocycles. The molecule has 1 unspecified atom stereocenters. The van der Waals surface area contributed by atoms with Crippen LogP contribution in [0.3, 0.4) is 0 Å². The van der Waals surface area contributed by atoms with Crippen LogP contribution < -0.4 is 10.6 Å². The molecule has 0 bridgehead atoms. The molecule has 0 aromatic heterocycles. The monoisotopic (exact) mass is 407 g/mol. The van der Waals surface area contributed by atoms with Gasteiger partial charge in [0.05, 0.1) is 5.69 Å². The molecular weight excluding hydrogens is 393 g/mol. The van der Waals surface area contributed by atoms with E-state index in [1.54, 1.807) is 42.5 Å². The lowest BCUT2D eigenvalue weighted by molar-refractivity contribution is -0.122. The average molecular weight is 408 g/mol. The minimum atomic E-state index is -0.527. The number of halogens is 2. The summed E-state index contributed by atoms with van der Waals surface area (Å²) in [6, 6.07) is 12.2. The number of amidine groups is 1. The minimum Gasteiger partial charge on any atom is -0.326 e. The Morgan fingerprint density at radius 1 is 1.23 bits per heavy atom. The Balaban J connectivity index is 1.64. The maximum Gasteiger partial charge on any atom is 0.240 e. The Hall–Kier alpha value is -2.02. The van der Waals surface area contributed by atoms with Gasteiger partial charge < -0.3 is 10.6 Å². The van der Waals surface area contributed by atoms with Crippen molar-refractivity contribution in [3.8, 4) is 0 Å². The molecule has 1 aliphatic rings. The summed E-state index contributed by atoms with van der Waals surface area (Å²) in [7, 11) is 0. The van der Waals surface area contributed by atoms with Crippen LogP contribution in [-0.4, -0.2) is 22.2 Å². The summed E-state index contributed by atoms with van der Waals surface area (Å²) in [5.41, 5.74) is 2.22. The third-order valence-electron chi connectivity index (χ3n) is 3.64. The summed E-state index contributed by atoms with van der Waals surface area (Å²) in [6.45, 7) is 1.89. The van der Waals surface area contributed by atoms with E-state index in [1.165, 1.54) is 11.8 Å². The molecule has 3 rings (SSSR count). The van der Waals surface area contributed by atoms with Crippen molar-refractivity contribution in [2.75, 3.05) is 5.32 Å². The first-order valence-corrected chi connectivity index (χ1v) is 9.42. The fourth-order valence-electron chi connectivity index (χ4n) is 2.39. The highest BCUT2D eigenvalue weighted by atomic mass is 35.5. The van der Waals surface area contributed by atoms with E-state index in [2.05, 4.69) is 15.6 Å². The van der Waals surface area contributed by atoms with Gasteiger partial charge in [0.1, 0.15) is 5.25 Å². The Morgan fingerprint density at radius 3 is 2.73 bits per heavy atom. The minimum absolute atomic E-state index is 0.0433. The van der Waals surface area contributed by atoms with Gasteiger partial charge in [0, 0.05) is 22.2 Å². The van der Waals surface area contributed by atoms with Crippen LogP contribution in [0.15, 0.2) is 47.5 Å². The van der Waals surface area contributed by atoms with E-state index < -0.39 is 5.25 Å². The van der Waals surface area contributed by atoms with E-state index in [4.69, 9.17) is 23.2 Å². The van der Waals surface area contributed by atoms with E-state index in [0.717, 1.165) is 11.3 Å². The van der Waals surface area contributed by atoms with Gasteiger partial charge in [0.2, 0.25) is 11.8 Å². The lowest BCUT2D eigenvalue weighted by Gasteiger charge is -2.07. The van der Waals surface area contributed by atoms with Crippen molar-refractivity contribution in [3.05, 3.63) is 58.1 Å². The number of rotatable bonds is 4. The lowest BCUT2D eigenvalue weighted by Crippen LogP contribution is -2.28. The Morgan fingerprint density at radius 2 is 2.00 bits per heavy atom. The van der Waals surface area contributed by atoms with E-state index in [-0.39, 0.29) is 18.2 Å². The van der Waals surface area contributed by atoms with Crippen molar-refractivity contribution in [1.82, 2.24) is 5.32 Å². The second kappa shape index (κ2) is 8.12. The first-order chi connectivity index (χ1) is 12.4. The second-order valence-electron chi connectivity index (χ2n) is 5.71. The summed E-state index contributed by atoms with van der Waals surface area (Å²) in [6.07, 6.45) is 0.0433. The van der Waals surface area contributed by atoms with Gasteiger partial charge in [0.15, 0.2) is 5.17 Å². The van der Waals surface area contributed by atoms with Gasteiger partial charge in [-0.3, -0.25) is 9.59 Å². The number of hydrogen-bond acceptors (Lipinski definition) is 4. The third-order valence-corrected chi connectivity index (χ3v) is 5.19. The lowest BCUT2D eigenvalue weighted by atomic mass is 10.2. The van der Waals surface area contributed by atoms with Crippen LogP contribution in [-0.2, 0) is 9.59 Å². The number of anilines is 1. The first kappa shape index (κ1) is 18.8. The standard InChI is InChI=1S/C18H15Cl2N3O2S/c1-10-7-12(20)5-6-14(10)22-18-23-17(25)15(26-18)9-16(24)21-13-4-2-3-11(19)8-13/h2-8,15H,9H2,1H3,(H,21,24)(H,22,23,25). The number of carbonyl (C=O) groups is 2. The van der Waals surface area contributed by atoms with Crippen LogP contribution >= 0.6 is 35.0 Å². The quantitative estimate of drug-likeness (QED) is 0.780. The number of nitrogens with zero attached hydrogens (tertiary/aromatic N) is 1. The van der Waals surface area contributed by atoms with Gasteiger partial charge in [-0.05, 0) is 48.9 Å². The van der Waals surface area contributed by atoms with E-state index in [0.29, 0.717) is 20.9 Å². The predicted octanol–water partition coefficient (Wildman–Crippen LogP) is 4.55. The highest BCUT2D eigenvalue weighted by molar-refractivity contribution is 8.15. The molecule has 5 nitrogen and oxygen atoms in total. The van der Waals surface area contributed by atoms with Crippen LogP contribution in [0.4, 0.5) is 11.4 Å². The number of amides is 2. The number of thioether (sulfide) groups is 1. The summed E-state index contributed by atoms with van der Waals surface area (Å²) in [4.78, 5) is 28.7. The number of hydrogen-bond donors (Lipinski definition) is 2. The zero-order valence-corrected chi connectivity index (χ0v) is 16.1. The van der Waals surface area contributed by atoms with Crippen molar-refractivity contribution in [2.24, 2.45) is 4.99 Å². The summed E-state index contributed by atoms with van der Waals surface area (Å²) in [5, 5.41) is 6.56. The Kier molecular flexibility index (Phi) is 5.86. The van der Waals surface area contributed by atoms with Gasteiger partial charge in [-0.2, -0.15) is 0 Å². The molecule has 1 saturated heterocycles. The van der Waals surface area contributed by atoms with Gasteiger partial charge in [-0.1, -0.05) is 41.0 Å². The Labute approximate surface area is 165 Å². The van der Waals surface area contributed by atoms with E-state index >= 15 is 0 Å². The zero-order chi connectivity index (χ0) is 18.7. The molecule has 0 spiro atoms. The smallest absolute Gasteiger partial charge is 0.240 e. The summed E-state index contributed by atoms with van der Waals surface area (Å²) >= 11 is 13.1. The van der Waals surface area contributed by atoms with Gasteiger partial charge >= 0.3 is 0 Å². The molecule has 2 aromatic carbocycles. The number of carbonyl (C=O) groups excluding carboxylic acids is 2. The molecule has 2 N–H and O–H groups in total. The van der Waals surface area contributed by atoms with Crippen LogP contribution in [0.5, 0.6) is 0 Å². The van der Waals surface area contributed by atoms with Crippen LogP contribution in [0.1, 0.15) is 12.0 Å². The molecule has 8 heteroatoms. The Bertz CT molecular complexity index is 902. The number of aliphatic imine (C=N–C) groups is 1. The summed E-state index contributed by atoms with van der Waals surface area (Å²) in [5.74, 6) is -0.495. The fourth-order valence-corrected chi connectivity index (χ4v) is 3.79. The number of nitrogens with one attached hydrogen (secondary N) is 2. The molecule has 0 radical (unpaired) electrons. The van der Waals surface area contributed by atoms with E-state index in [9.17, 15) is 9.59 Å². The highest BCUT2D eigenvalue weighted by Gasteiger charge is 2.32. The zero-order valence-electron chi connectivity index (χ0n) is 13.8. The van der Waals surface area contributed by atoms with Gasteiger partial charge in [-0.15, -0.1) is 0 Å². The third kappa shape index (κ3) is 4.78. The van der Waals surface area contributed by atoms with Crippen molar-refractivity contribution in [3.63, 3.8) is 0 Å². The largest absolute Gasteiger partial charge is 0.326 e. The van der Waals surface area contributed by atoms with Crippen molar-refractivity contribution in [1.29, 1.82) is 0 Å². The van der Waals surface area contributed by atoms with Crippen LogP contribution in [0, 0.1) is 6.92 Å². The fraction of sp³-hybridized carbons (Fsp3) is 0.167. The maximum atomic E-state index is 12.2. The van der Waals surface area contributed by atoms with Gasteiger partial charge in [-0.25, -0.2) is 4.99 Å². The van der Waals surface area contributed by atoms with Crippen molar-refractivity contribution >= 4 is 63.3 Å². The van der Waals surface area contributed by atoms with Crippen molar-refractivity contribution in [2.45, 2.75) is 18.6 Å². The molecule has 26 heavy (non-hydrogen) atoms. The molecule has 1 heterocycles. The molecule has 2 amide bonds. The molecule has 1 aliphatic heterocycles. The van der Waals surface area contributed by atoms with E-state index in [1.807, 2.05) is 6.92 Å². The van der Waals surface area contributed by atoms with Crippen LogP contribution in [0.25, 0.3) is 0 Å². The molecule has 2 aromatic rings. The van der Waals surface area contributed by atoms with Crippen LogP contribution in [0.2, 0.25) is 10.0 Å². The highest BCUT2D eigenvalue weighted by Crippen LogP contribution is 2.28. The SMILES string of the molecule is Cc1cc(Cl)ccc1N=C1NC(=O)C(CC(=O)Nc2cccc(Cl)c2)S1. The molecule has 0 aliphatic carbocycles. The van der Waals surface area contributed by atoms with Crippen molar-refractivity contribution < 1.29 is 9.59 Å². The molecule has 134 valence electrons. The topological polar surface area (TPSA) is 70.6 Å². The predicted molar refractivity (Wildman–Crippen MR) is 108 cm³/mol. The first-order valence-electron chi connectivity index (χ1n) is 7.78. The number of aryl methyl sites for hydroxylation is 1. The molecule has 1 atom stereocenters. The summed E-state index contributed by atoms with van der Waals surface area (Å²) < 4.78 is 0. The second-order valence-corrected chi connectivity index (χ2v) is 7.77. The number of benzene rings is 2. The molecular formula is C18H15Cl2N3O2S.